The molecule has 0 saturated heterocycles. The van der Waals surface area contributed by atoms with Crippen LogP contribution in [-0.2, 0) is 7.05 Å². The maximum Gasteiger partial charge on any atom is 0.203 e. The number of hydrogen-bond donors (Lipinski definition) is 1. The van der Waals surface area contributed by atoms with E-state index in [1.54, 1.807) is 13.2 Å². The minimum atomic E-state index is -0.664. The van der Waals surface area contributed by atoms with Crippen LogP contribution in [0.4, 0.5) is 0 Å². The van der Waals surface area contributed by atoms with E-state index in [0.29, 0.717) is 10.2 Å². The molecule has 0 bridgehead atoms. The molecule has 1 unspecified atom stereocenters. The van der Waals surface area contributed by atoms with Gasteiger partial charge >= 0.3 is 0 Å². The fourth-order valence-corrected chi connectivity index (χ4v) is 2.19. The van der Waals surface area contributed by atoms with Crippen LogP contribution in [0.1, 0.15) is 22.1 Å². The number of halogens is 1. The molecular weight excluding hydrogens is 282 g/mol. The maximum atomic E-state index is 12.2. The van der Waals surface area contributed by atoms with Crippen LogP contribution < -0.4 is 5.73 Å². The van der Waals surface area contributed by atoms with E-state index in [9.17, 15) is 4.79 Å². The number of carbonyl (C=O) groups excluding carboxylic acids is 1. The van der Waals surface area contributed by atoms with Gasteiger partial charge in [-0.25, -0.2) is 0 Å². The molecule has 0 aliphatic heterocycles. The highest BCUT2D eigenvalue weighted by Gasteiger charge is 2.22. The minimum absolute atomic E-state index is 0.150. The van der Waals surface area contributed by atoms with Crippen LogP contribution in [0.15, 0.2) is 41.0 Å². The molecule has 5 heteroatoms. The summed E-state index contributed by atoms with van der Waals surface area (Å²) in [5.41, 5.74) is 7.24. The molecule has 0 fully saturated rings. The molecule has 0 amide bonds. The normalized spacial score (nSPS) is 12.4. The number of ketones is 1. The van der Waals surface area contributed by atoms with Gasteiger partial charge in [0.15, 0.2) is 0 Å². The summed E-state index contributed by atoms with van der Waals surface area (Å²) in [5, 5.41) is 4.01. The Morgan fingerprint density at radius 2 is 2.06 bits per heavy atom. The summed E-state index contributed by atoms with van der Waals surface area (Å²) in [7, 11) is 1.72. The molecule has 1 aromatic heterocycles. The zero-order chi connectivity index (χ0) is 12.4. The average molecular weight is 294 g/mol. The van der Waals surface area contributed by atoms with Crippen molar-refractivity contribution in [3.05, 3.63) is 52.3 Å². The first-order valence-electron chi connectivity index (χ1n) is 5.13. The standard InChI is InChI=1S/C12H12BrN3O/c1-16-11(9(13)7-15-16)12(17)10(14)8-5-3-2-4-6-8/h2-7,10H,14H2,1H3. The molecule has 2 aromatic rings. The lowest BCUT2D eigenvalue weighted by Crippen LogP contribution is -2.24. The smallest absolute Gasteiger partial charge is 0.203 e. The second kappa shape index (κ2) is 4.81. The monoisotopic (exact) mass is 293 g/mol. The van der Waals surface area contributed by atoms with E-state index in [2.05, 4.69) is 21.0 Å². The Bertz CT molecular complexity index is 516. The van der Waals surface area contributed by atoms with E-state index in [4.69, 9.17) is 5.73 Å². The van der Waals surface area contributed by atoms with Crippen LogP contribution in [0, 0.1) is 0 Å². The van der Waals surface area contributed by atoms with Crippen LogP contribution in [-0.4, -0.2) is 15.6 Å². The highest BCUT2D eigenvalue weighted by atomic mass is 79.9. The van der Waals surface area contributed by atoms with Crippen molar-refractivity contribution in [3.63, 3.8) is 0 Å². The number of nitrogens with two attached hydrogens (primary N) is 1. The van der Waals surface area contributed by atoms with Gasteiger partial charge in [-0.1, -0.05) is 30.3 Å². The summed E-state index contributed by atoms with van der Waals surface area (Å²) in [6.07, 6.45) is 1.59. The lowest BCUT2D eigenvalue weighted by atomic mass is 10.0. The number of rotatable bonds is 3. The summed E-state index contributed by atoms with van der Waals surface area (Å²) in [5.74, 6) is -0.150. The number of nitrogens with zero attached hydrogens (tertiary/aromatic N) is 2. The van der Waals surface area contributed by atoms with Gasteiger partial charge in [0.25, 0.3) is 0 Å². The highest BCUT2D eigenvalue weighted by Crippen LogP contribution is 2.21. The summed E-state index contributed by atoms with van der Waals surface area (Å²) < 4.78 is 2.19. The summed E-state index contributed by atoms with van der Waals surface area (Å²) in [4.78, 5) is 12.2. The van der Waals surface area contributed by atoms with Crippen molar-refractivity contribution in [1.82, 2.24) is 9.78 Å². The first-order valence-corrected chi connectivity index (χ1v) is 5.93. The molecule has 1 atom stereocenters. The van der Waals surface area contributed by atoms with E-state index in [0.717, 1.165) is 5.56 Å². The van der Waals surface area contributed by atoms with Crippen molar-refractivity contribution in [3.8, 4) is 0 Å². The van der Waals surface area contributed by atoms with Crippen molar-refractivity contribution in [2.45, 2.75) is 6.04 Å². The molecule has 0 radical (unpaired) electrons. The van der Waals surface area contributed by atoms with Crippen LogP contribution in [0.2, 0.25) is 0 Å². The SMILES string of the molecule is Cn1ncc(Br)c1C(=O)C(N)c1ccccc1. The predicted molar refractivity (Wildman–Crippen MR) is 68.6 cm³/mol. The summed E-state index contributed by atoms with van der Waals surface area (Å²) in [6, 6.07) is 8.63. The van der Waals surface area contributed by atoms with Crippen molar-refractivity contribution >= 4 is 21.7 Å². The van der Waals surface area contributed by atoms with E-state index in [1.807, 2.05) is 30.3 Å². The first-order chi connectivity index (χ1) is 8.11. The molecule has 2 rings (SSSR count). The topological polar surface area (TPSA) is 60.9 Å². The Hall–Kier alpha value is -1.46. The van der Waals surface area contributed by atoms with Gasteiger partial charge in [0.1, 0.15) is 5.69 Å². The number of aryl methyl sites for hydroxylation is 1. The Kier molecular flexibility index (Phi) is 3.40. The van der Waals surface area contributed by atoms with E-state index < -0.39 is 6.04 Å². The van der Waals surface area contributed by atoms with Gasteiger partial charge in [-0.15, -0.1) is 0 Å². The first kappa shape index (κ1) is 12.0. The molecule has 4 nitrogen and oxygen atoms in total. The highest BCUT2D eigenvalue weighted by molar-refractivity contribution is 9.10. The number of aromatic nitrogens is 2. The zero-order valence-electron chi connectivity index (χ0n) is 9.30. The fourth-order valence-electron chi connectivity index (χ4n) is 1.65. The molecule has 88 valence electrons. The zero-order valence-corrected chi connectivity index (χ0v) is 10.9. The largest absolute Gasteiger partial charge is 0.317 e. The van der Waals surface area contributed by atoms with E-state index in [-0.39, 0.29) is 5.78 Å². The molecule has 1 aromatic carbocycles. The van der Waals surface area contributed by atoms with E-state index >= 15 is 0 Å². The Morgan fingerprint density at radius 1 is 1.41 bits per heavy atom. The van der Waals surface area contributed by atoms with Crippen LogP contribution in [0.3, 0.4) is 0 Å². The van der Waals surface area contributed by atoms with Crippen molar-refractivity contribution in [2.75, 3.05) is 0 Å². The fraction of sp³-hybridized carbons (Fsp3) is 0.167. The second-order valence-electron chi connectivity index (χ2n) is 3.72. The number of benzene rings is 1. The van der Waals surface area contributed by atoms with Crippen LogP contribution >= 0.6 is 15.9 Å². The lowest BCUT2D eigenvalue weighted by molar-refractivity contribution is 0.0951. The maximum absolute atomic E-state index is 12.2. The van der Waals surface area contributed by atoms with E-state index in [1.165, 1.54) is 4.68 Å². The predicted octanol–water partition coefficient (Wildman–Crippen LogP) is 2.07. The van der Waals surface area contributed by atoms with Gasteiger partial charge in [-0.2, -0.15) is 5.10 Å². The quantitative estimate of drug-likeness (QED) is 0.881. The molecule has 17 heavy (non-hydrogen) atoms. The van der Waals surface area contributed by atoms with Gasteiger partial charge in [0.05, 0.1) is 16.7 Å². The molecule has 0 spiro atoms. The van der Waals surface area contributed by atoms with Crippen molar-refractivity contribution < 1.29 is 4.79 Å². The second-order valence-corrected chi connectivity index (χ2v) is 4.57. The van der Waals surface area contributed by atoms with Crippen LogP contribution in [0.5, 0.6) is 0 Å². The third-order valence-corrected chi connectivity index (χ3v) is 3.15. The minimum Gasteiger partial charge on any atom is -0.317 e. The number of Topliss-reactive ketones (excluding diaryl/α,β-unsaturated/α-hetero) is 1. The molecule has 2 N–H and O–H groups in total. The van der Waals surface area contributed by atoms with Crippen molar-refractivity contribution in [2.24, 2.45) is 12.8 Å². The third kappa shape index (κ3) is 2.30. The van der Waals surface area contributed by atoms with Gasteiger partial charge in [0, 0.05) is 7.05 Å². The summed E-state index contributed by atoms with van der Waals surface area (Å²) in [6.45, 7) is 0. The third-order valence-electron chi connectivity index (χ3n) is 2.57. The molecular formula is C12H12BrN3O. The lowest BCUT2D eigenvalue weighted by Gasteiger charge is -2.11. The molecule has 0 saturated carbocycles. The average Bonchev–Trinajstić information content (AvgIpc) is 2.68. The van der Waals surface area contributed by atoms with Crippen molar-refractivity contribution in [1.29, 1.82) is 0 Å². The molecule has 0 aliphatic carbocycles. The molecule has 1 heterocycles. The Balaban J connectivity index is 2.33. The Morgan fingerprint density at radius 3 is 2.59 bits per heavy atom. The van der Waals surface area contributed by atoms with Gasteiger partial charge in [-0.3, -0.25) is 9.48 Å². The van der Waals surface area contributed by atoms with Crippen LogP contribution in [0.25, 0.3) is 0 Å². The van der Waals surface area contributed by atoms with Gasteiger partial charge in [0.2, 0.25) is 5.78 Å². The number of carbonyl (C=O) groups is 1. The number of hydrogen-bond acceptors (Lipinski definition) is 3. The van der Waals surface area contributed by atoms with Gasteiger partial charge < -0.3 is 5.73 Å². The van der Waals surface area contributed by atoms with Gasteiger partial charge in [-0.05, 0) is 21.5 Å². The molecule has 0 aliphatic rings. The Labute approximate surface area is 108 Å². The summed E-state index contributed by atoms with van der Waals surface area (Å²) >= 11 is 3.30.